The van der Waals surface area contributed by atoms with Crippen LogP contribution >= 0.6 is 21.8 Å². The maximum atomic E-state index is 2.57. The molecule has 1 fully saturated rings. The molecule has 0 N–H and O–H groups in total. The summed E-state index contributed by atoms with van der Waals surface area (Å²) < 4.78 is 2.57. The molecule has 15 heavy (non-hydrogen) atoms. The molecular formula is C12H25NS2. The van der Waals surface area contributed by atoms with Gasteiger partial charge in [-0.3, -0.25) is 0 Å². The van der Waals surface area contributed by atoms with Gasteiger partial charge in [0, 0.05) is 18.8 Å². The Bertz CT molecular complexity index is 171. The van der Waals surface area contributed by atoms with Crippen LogP contribution in [0.15, 0.2) is 0 Å². The summed E-state index contributed by atoms with van der Waals surface area (Å²) in [5, 5.41) is 0. The first kappa shape index (κ1) is 13.7. The molecule has 0 bridgehead atoms. The molecule has 0 spiro atoms. The van der Waals surface area contributed by atoms with Gasteiger partial charge >= 0.3 is 0 Å². The van der Waals surface area contributed by atoms with Crippen molar-refractivity contribution in [3.8, 4) is 0 Å². The lowest BCUT2D eigenvalue weighted by molar-refractivity contribution is 0.283. The standard InChI is InChI=1S/C12H25NS2/c1-4-14-15-13-10-7-5-6-8-12(2,3)9-11-13/h4-11H2,1-3H3. The lowest BCUT2D eigenvalue weighted by Crippen LogP contribution is -2.22. The summed E-state index contributed by atoms with van der Waals surface area (Å²) in [6, 6.07) is 0. The van der Waals surface area contributed by atoms with Crippen LogP contribution < -0.4 is 0 Å². The fourth-order valence-corrected chi connectivity index (χ4v) is 3.77. The predicted molar refractivity (Wildman–Crippen MR) is 74.2 cm³/mol. The third-order valence-corrected chi connectivity index (χ3v) is 5.65. The van der Waals surface area contributed by atoms with Crippen LogP contribution in [0, 0.1) is 5.41 Å². The van der Waals surface area contributed by atoms with Crippen LogP contribution in [0.4, 0.5) is 0 Å². The van der Waals surface area contributed by atoms with E-state index >= 15 is 0 Å². The highest BCUT2D eigenvalue weighted by atomic mass is 33.1. The minimum Gasteiger partial charge on any atom is -0.241 e. The fraction of sp³-hybridized carbons (Fsp3) is 1.00. The van der Waals surface area contributed by atoms with Crippen molar-refractivity contribution in [3.05, 3.63) is 0 Å². The van der Waals surface area contributed by atoms with Gasteiger partial charge in [-0.05, 0) is 35.7 Å². The van der Waals surface area contributed by atoms with Crippen molar-refractivity contribution in [2.45, 2.75) is 52.9 Å². The summed E-state index contributed by atoms with van der Waals surface area (Å²) in [5.41, 5.74) is 0.556. The molecule has 1 saturated heterocycles. The molecule has 1 rings (SSSR count). The van der Waals surface area contributed by atoms with E-state index in [1.54, 1.807) is 0 Å². The molecule has 0 saturated carbocycles. The summed E-state index contributed by atoms with van der Waals surface area (Å²) in [4.78, 5) is 0. The lowest BCUT2D eigenvalue weighted by Gasteiger charge is -2.26. The summed E-state index contributed by atoms with van der Waals surface area (Å²) in [5.74, 6) is 1.21. The first-order valence-corrected chi connectivity index (χ1v) is 8.46. The van der Waals surface area contributed by atoms with Gasteiger partial charge in [0.1, 0.15) is 0 Å². The normalized spacial score (nSPS) is 24.2. The van der Waals surface area contributed by atoms with E-state index in [0.717, 1.165) is 0 Å². The molecule has 0 radical (unpaired) electrons. The monoisotopic (exact) mass is 247 g/mol. The molecule has 0 atom stereocenters. The Kier molecular flexibility index (Phi) is 6.48. The number of hydrogen-bond donors (Lipinski definition) is 0. The van der Waals surface area contributed by atoms with Crippen LogP contribution in [-0.2, 0) is 0 Å². The maximum Gasteiger partial charge on any atom is 0.0102 e. The van der Waals surface area contributed by atoms with Gasteiger partial charge in [0.05, 0.1) is 0 Å². The van der Waals surface area contributed by atoms with E-state index in [4.69, 9.17) is 0 Å². The number of nitrogens with zero attached hydrogens (tertiary/aromatic N) is 1. The second-order valence-corrected chi connectivity index (χ2v) is 7.77. The molecule has 0 aromatic rings. The zero-order valence-corrected chi connectivity index (χ0v) is 12.1. The van der Waals surface area contributed by atoms with E-state index in [1.807, 2.05) is 21.8 Å². The van der Waals surface area contributed by atoms with Gasteiger partial charge < -0.3 is 0 Å². The third-order valence-electron chi connectivity index (χ3n) is 3.08. The Morgan fingerprint density at radius 3 is 2.60 bits per heavy atom. The van der Waals surface area contributed by atoms with Crippen molar-refractivity contribution in [1.82, 2.24) is 4.31 Å². The van der Waals surface area contributed by atoms with Gasteiger partial charge in [0.25, 0.3) is 0 Å². The van der Waals surface area contributed by atoms with Crippen molar-refractivity contribution in [1.29, 1.82) is 0 Å². The Labute approximate surface area is 103 Å². The van der Waals surface area contributed by atoms with Gasteiger partial charge in [-0.2, -0.15) is 0 Å². The van der Waals surface area contributed by atoms with E-state index in [0.29, 0.717) is 5.41 Å². The van der Waals surface area contributed by atoms with Crippen LogP contribution in [0.1, 0.15) is 52.9 Å². The Balaban J connectivity index is 2.37. The van der Waals surface area contributed by atoms with Crippen LogP contribution in [0.2, 0.25) is 0 Å². The zero-order chi connectivity index (χ0) is 11.1. The first-order chi connectivity index (χ1) is 7.14. The smallest absolute Gasteiger partial charge is 0.0102 e. The fourth-order valence-electron chi connectivity index (χ4n) is 1.93. The van der Waals surface area contributed by atoms with Crippen molar-refractivity contribution >= 4 is 21.8 Å². The molecule has 90 valence electrons. The number of hydrogen-bond acceptors (Lipinski definition) is 3. The molecule has 0 amide bonds. The van der Waals surface area contributed by atoms with E-state index in [9.17, 15) is 0 Å². The van der Waals surface area contributed by atoms with Gasteiger partial charge in [-0.25, -0.2) is 4.31 Å². The molecule has 3 heteroatoms. The van der Waals surface area contributed by atoms with Crippen molar-refractivity contribution in [3.63, 3.8) is 0 Å². The van der Waals surface area contributed by atoms with Crippen LogP contribution in [0.3, 0.4) is 0 Å². The second kappa shape index (κ2) is 7.08. The Morgan fingerprint density at radius 1 is 1.07 bits per heavy atom. The first-order valence-electron chi connectivity index (χ1n) is 6.18. The molecular weight excluding hydrogens is 222 g/mol. The molecule has 1 aliphatic heterocycles. The SMILES string of the molecule is CCSSN1CCCCCC(C)(C)CC1. The Morgan fingerprint density at radius 2 is 1.87 bits per heavy atom. The topological polar surface area (TPSA) is 3.24 Å². The molecule has 0 aliphatic carbocycles. The molecule has 0 aromatic heterocycles. The quantitative estimate of drug-likeness (QED) is 0.530. The van der Waals surface area contributed by atoms with Crippen LogP contribution in [-0.4, -0.2) is 23.1 Å². The van der Waals surface area contributed by atoms with Gasteiger partial charge in [0.15, 0.2) is 0 Å². The Hall–Kier alpha value is 0.660. The van der Waals surface area contributed by atoms with Gasteiger partial charge in [-0.15, -0.1) is 0 Å². The zero-order valence-electron chi connectivity index (χ0n) is 10.4. The van der Waals surface area contributed by atoms with E-state index in [-0.39, 0.29) is 0 Å². The highest BCUT2D eigenvalue weighted by Gasteiger charge is 2.20. The van der Waals surface area contributed by atoms with Crippen molar-refractivity contribution < 1.29 is 0 Å². The van der Waals surface area contributed by atoms with Crippen molar-refractivity contribution in [2.24, 2.45) is 5.41 Å². The predicted octanol–water partition coefficient (Wildman–Crippen LogP) is 4.60. The minimum atomic E-state index is 0.556. The molecule has 1 nitrogen and oxygen atoms in total. The average Bonchev–Trinajstić information content (AvgIpc) is 2.27. The largest absolute Gasteiger partial charge is 0.241 e. The lowest BCUT2D eigenvalue weighted by atomic mass is 9.84. The molecule has 1 heterocycles. The summed E-state index contributed by atoms with van der Waals surface area (Å²) in [6.07, 6.45) is 6.98. The highest BCUT2D eigenvalue weighted by Crippen LogP contribution is 2.33. The molecule has 1 aliphatic rings. The van der Waals surface area contributed by atoms with Crippen LogP contribution in [0.5, 0.6) is 0 Å². The molecule has 0 aromatic carbocycles. The van der Waals surface area contributed by atoms with Crippen LogP contribution in [0.25, 0.3) is 0 Å². The average molecular weight is 247 g/mol. The van der Waals surface area contributed by atoms with Gasteiger partial charge in [0.2, 0.25) is 0 Å². The third kappa shape index (κ3) is 6.08. The second-order valence-electron chi connectivity index (χ2n) is 5.13. The van der Waals surface area contributed by atoms with E-state index < -0.39 is 0 Å². The van der Waals surface area contributed by atoms with E-state index in [1.165, 1.54) is 50.9 Å². The highest BCUT2D eigenvalue weighted by molar-refractivity contribution is 8.75. The molecule has 0 unspecified atom stereocenters. The van der Waals surface area contributed by atoms with Gasteiger partial charge in [-0.1, -0.05) is 44.4 Å². The summed E-state index contributed by atoms with van der Waals surface area (Å²) in [7, 11) is 3.96. The van der Waals surface area contributed by atoms with Crippen molar-refractivity contribution in [2.75, 3.05) is 18.8 Å². The van der Waals surface area contributed by atoms with E-state index in [2.05, 4.69) is 25.1 Å². The summed E-state index contributed by atoms with van der Waals surface area (Å²) >= 11 is 0. The maximum absolute atomic E-state index is 2.57. The summed E-state index contributed by atoms with van der Waals surface area (Å²) in [6.45, 7) is 9.64. The minimum absolute atomic E-state index is 0.556. The number of rotatable bonds is 3.